The third kappa shape index (κ3) is 3.67. The minimum absolute atomic E-state index is 0.836. The van der Waals surface area contributed by atoms with Gasteiger partial charge in [0.15, 0.2) is 0 Å². The van der Waals surface area contributed by atoms with Crippen molar-refractivity contribution in [1.82, 2.24) is 30.1 Å². The minimum atomic E-state index is 0.836. The number of hydrogen-bond acceptors (Lipinski definition) is 4. The molecule has 0 atom stereocenters. The van der Waals surface area contributed by atoms with Gasteiger partial charge in [0.1, 0.15) is 0 Å². The van der Waals surface area contributed by atoms with E-state index in [1.54, 1.807) is 6.20 Å². The highest BCUT2D eigenvalue weighted by Crippen LogP contribution is 1.98. The number of aromatic nitrogens is 5. The molecule has 0 amide bonds. The molecule has 0 saturated heterocycles. The lowest BCUT2D eigenvalue weighted by Crippen LogP contribution is -2.19. The summed E-state index contributed by atoms with van der Waals surface area (Å²) in [6.07, 6.45) is 8.67. The summed E-state index contributed by atoms with van der Waals surface area (Å²) in [6.45, 7) is 5.69. The second-order valence-electron chi connectivity index (χ2n) is 3.95. The first-order valence-electron chi connectivity index (χ1n) is 5.94. The Hall–Kier alpha value is -1.69. The van der Waals surface area contributed by atoms with Crippen LogP contribution in [0.3, 0.4) is 0 Å². The Balaban J connectivity index is 1.67. The highest BCUT2D eigenvalue weighted by molar-refractivity contribution is 5.03. The highest BCUT2D eigenvalue weighted by atomic mass is 15.4. The molecular formula is C11H18N6. The lowest BCUT2D eigenvalue weighted by Gasteiger charge is -2.02. The van der Waals surface area contributed by atoms with Crippen LogP contribution in [-0.2, 0) is 19.6 Å². The first kappa shape index (κ1) is 11.8. The van der Waals surface area contributed by atoms with Crippen LogP contribution >= 0.6 is 0 Å². The van der Waals surface area contributed by atoms with E-state index in [2.05, 4.69) is 33.8 Å². The van der Waals surface area contributed by atoms with Crippen molar-refractivity contribution in [3.63, 3.8) is 0 Å². The summed E-state index contributed by atoms with van der Waals surface area (Å²) < 4.78 is 3.79. The first-order valence-corrected chi connectivity index (χ1v) is 5.94. The van der Waals surface area contributed by atoms with Crippen molar-refractivity contribution in [1.29, 1.82) is 0 Å². The van der Waals surface area contributed by atoms with Crippen molar-refractivity contribution in [3.05, 3.63) is 30.4 Å². The summed E-state index contributed by atoms with van der Waals surface area (Å²) in [5.41, 5.74) is 1.22. The molecule has 0 spiro atoms. The zero-order valence-electron chi connectivity index (χ0n) is 10.1. The van der Waals surface area contributed by atoms with Gasteiger partial charge in [-0.3, -0.25) is 9.36 Å². The summed E-state index contributed by atoms with van der Waals surface area (Å²) in [4.78, 5) is 0. The maximum atomic E-state index is 4.28. The molecule has 6 heteroatoms. The van der Waals surface area contributed by atoms with Crippen molar-refractivity contribution in [3.8, 4) is 0 Å². The third-order valence-electron chi connectivity index (χ3n) is 2.46. The second kappa shape index (κ2) is 6.15. The van der Waals surface area contributed by atoms with E-state index in [1.807, 2.05) is 21.8 Å². The Morgan fingerprint density at radius 1 is 1.29 bits per heavy atom. The van der Waals surface area contributed by atoms with E-state index in [0.717, 1.165) is 32.6 Å². The van der Waals surface area contributed by atoms with E-state index in [4.69, 9.17) is 0 Å². The van der Waals surface area contributed by atoms with E-state index in [9.17, 15) is 0 Å². The molecule has 2 aromatic heterocycles. The van der Waals surface area contributed by atoms with Crippen LogP contribution in [0, 0.1) is 0 Å². The Morgan fingerprint density at radius 3 is 3.00 bits per heavy atom. The monoisotopic (exact) mass is 234 g/mol. The van der Waals surface area contributed by atoms with Gasteiger partial charge in [-0.25, -0.2) is 0 Å². The van der Waals surface area contributed by atoms with E-state index in [1.165, 1.54) is 5.56 Å². The fourth-order valence-electron chi connectivity index (χ4n) is 1.63. The molecule has 1 N–H and O–H groups in total. The average Bonchev–Trinajstić information content (AvgIpc) is 2.96. The molecule has 92 valence electrons. The van der Waals surface area contributed by atoms with Gasteiger partial charge in [-0.15, -0.1) is 5.10 Å². The van der Waals surface area contributed by atoms with Gasteiger partial charge in [-0.05, 0) is 6.42 Å². The molecule has 2 rings (SSSR count). The van der Waals surface area contributed by atoms with Crippen LogP contribution in [0.1, 0.15) is 18.9 Å². The Labute approximate surface area is 101 Å². The lowest BCUT2D eigenvalue weighted by atomic mass is 10.3. The smallest absolute Gasteiger partial charge is 0.0692 e. The number of nitrogens with one attached hydrogen (secondary N) is 1. The zero-order chi connectivity index (χ0) is 11.9. The SMILES string of the molecule is CCCn1cc(CNCCn2ccnn2)cn1. The number of aryl methyl sites for hydroxylation is 1. The molecule has 0 aliphatic carbocycles. The Kier molecular flexibility index (Phi) is 4.26. The van der Waals surface area contributed by atoms with Gasteiger partial charge in [0.2, 0.25) is 0 Å². The van der Waals surface area contributed by atoms with Gasteiger partial charge in [0.05, 0.1) is 18.9 Å². The molecule has 0 saturated carbocycles. The van der Waals surface area contributed by atoms with Crippen molar-refractivity contribution in [2.45, 2.75) is 33.0 Å². The average molecular weight is 234 g/mol. The molecular weight excluding hydrogens is 216 g/mol. The maximum absolute atomic E-state index is 4.28. The molecule has 0 aliphatic rings. The normalized spacial score (nSPS) is 10.9. The Bertz CT molecular complexity index is 419. The van der Waals surface area contributed by atoms with E-state index in [0.29, 0.717) is 0 Å². The molecule has 6 nitrogen and oxygen atoms in total. The van der Waals surface area contributed by atoms with Crippen LogP contribution in [0.5, 0.6) is 0 Å². The van der Waals surface area contributed by atoms with Crippen LogP contribution in [0.25, 0.3) is 0 Å². The molecule has 2 heterocycles. The topological polar surface area (TPSA) is 60.6 Å². The second-order valence-corrected chi connectivity index (χ2v) is 3.95. The van der Waals surface area contributed by atoms with Crippen LogP contribution in [0.4, 0.5) is 0 Å². The van der Waals surface area contributed by atoms with E-state index < -0.39 is 0 Å². The third-order valence-corrected chi connectivity index (χ3v) is 2.46. The van der Waals surface area contributed by atoms with Gasteiger partial charge >= 0.3 is 0 Å². The predicted octanol–water partition coefficient (Wildman–Crippen LogP) is 0.674. The zero-order valence-corrected chi connectivity index (χ0v) is 10.1. The number of rotatable bonds is 7. The summed E-state index contributed by atoms with van der Waals surface area (Å²) in [6, 6.07) is 0. The fraction of sp³-hybridized carbons (Fsp3) is 0.545. The predicted molar refractivity (Wildman–Crippen MR) is 64.2 cm³/mol. The van der Waals surface area contributed by atoms with Crippen molar-refractivity contribution >= 4 is 0 Å². The summed E-state index contributed by atoms with van der Waals surface area (Å²) in [5.74, 6) is 0. The summed E-state index contributed by atoms with van der Waals surface area (Å²) in [5, 5.41) is 15.3. The van der Waals surface area contributed by atoms with Crippen molar-refractivity contribution < 1.29 is 0 Å². The van der Waals surface area contributed by atoms with Crippen LogP contribution in [0.15, 0.2) is 24.8 Å². The quantitative estimate of drug-likeness (QED) is 0.715. The molecule has 0 aliphatic heterocycles. The molecule has 17 heavy (non-hydrogen) atoms. The highest BCUT2D eigenvalue weighted by Gasteiger charge is 1.97. The standard InChI is InChI=1S/C11H18N6/c1-2-5-17-10-11(9-14-17)8-12-3-6-16-7-4-13-15-16/h4,7,9-10,12H,2-3,5-6,8H2,1H3. The lowest BCUT2D eigenvalue weighted by molar-refractivity contribution is 0.539. The molecule has 0 radical (unpaired) electrons. The van der Waals surface area contributed by atoms with Crippen LogP contribution in [0.2, 0.25) is 0 Å². The van der Waals surface area contributed by atoms with Gasteiger partial charge in [0.25, 0.3) is 0 Å². The molecule has 2 aromatic rings. The van der Waals surface area contributed by atoms with Crippen molar-refractivity contribution in [2.24, 2.45) is 0 Å². The number of nitrogens with zero attached hydrogens (tertiary/aromatic N) is 5. The molecule has 0 unspecified atom stereocenters. The van der Waals surface area contributed by atoms with Gasteiger partial charge in [0, 0.05) is 37.6 Å². The largest absolute Gasteiger partial charge is 0.311 e. The van der Waals surface area contributed by atoms with Crippen LogP contribution < -0.4 is 5.32 Å². The van der Waals surface area contributed by atoms with E-state index in [-0.39, 0.29) is 0 Å². The van der Waals surface area contributed by atoms with Crippen molar-refractivity contribution in [2.75, 3.05) is 6.54 Å². The molecule has 0 fully saturated rings. The summed E-state index contributed by atoms with van der Waals surface area (Å²) in [7, 11) is 0. The van der Waals surface area contributed by atoms with E-state index >= 15 is 0 Å². The van der Waals surface area contributed by atoms with Gasteiger partial charge < -0.3 is 5.32 Å². The number of hydrogen-bond donors (Lipinski definition) is 1. The van der Waals surface area contributed by atoms with Crippen LogP contribution in [-0.4, -0.2) is 31.3 Å². The Morgan fingerprint density at radius 2 is 2.24 bits per heavy atom. The molecule has 0 aromatic carbocycles. The fourth-order valence-corrected chi connectivity index (χ4v) is 1.63. The summed E-state index contributed by atoms with van der Waals surface area (Å²) >= 11 is 0. The molecule has 0 bridgehead atoms. The first-order chi connectivity index (χ1) is 8.38. The minimum Gasteiger partial charge on any atom is -0.311 e. The maximum Gasteiger partial charge on any atom is 0.0692 e. The van der Waals surface area contributed by atoms with Gasteiger partial charge in [-0.1, -0.05) is 12.1 Å². The van der Waals surface area contributed by atoms with Gasteiger partial charge in [-0.2, -0.15) is 5.10 Å².